The Balaban J connectivity index is 3.21. The molecule has 1 aromatic rings. The maximum atomic E-state index is 12.5. The first-order valence-corrected chi connectivity index (χ1v) is 7.96. The highest BCUT2D eigenvalue weighted by atomic mass is 32.2. The molecule has 0 bridgehead atoms. The van der Waals surface area contributed by atoms with Gasteiger partial charge in [-0.3, -0.25) is 0 Å². The molecule has 1 aromatic carbocycles. The number of sulfonamides is 1. The number of hydrogen-bond donors (Lipinski definition) is 3. The van der Waals surface area contributed by atoms with Gasteiger partial charge in [-0.1, -0.05) is 13.3 Å². The van der Waals surface area contributed by atoms with Crippen LogP contribution in [0.25, 0.3) is 0 Å². The van der Waals surface area contributed by atoms with Gasteiger partial charge in [0.05, 0.1) is 11.5 Å². The molecule has 1 rings (SSSR count). The van der Waals surface area contributed by atoms with Gasteiger partial charge in [-0.2, -0.15) is 4.31 Å². The summed E-state index contributed by atoms with van der Waals surface area (Å²) in [5, 5.41) is 27.3. The van der Waals surface area contributed by atoms with Crippen LogP contribution >= 0.6 is 0 Å². The third-order valence-electron chi connectivity index (χ3n) is 2.95. The SMILES string of the molecule is CCCCN(CCO)S(=O)(=O)c1ccc(O)c(C(=O)O)c1. The van der Waals surface area contributed by atoms with Crippen molar-refractivity contribution in [3.63, 3.8) is 0 Å². The molecule has 8 heteroatoms. The molecule has 7 nitrogen and oxygen atoms in total. The normalized spacial score (nSPS) is 11.8. The van der Waals surface area contributed by atoms with Crippen molar-refractivity contribution in [2.75, 3.05) is 19.7 Å². The molecule has 0 spiro atoms. The summed E-state index contributed by atoms with van der Waals surface area (Å²) in [4.78, 5) is 10.7. The number of rotatable bonds is 8. The maximum Gasteiger partial charge on any atom is 0.339 e. The summed E-state index contributed by atoms with van der Waals surface area (Å²) in [5.41, 5.74) is -0.476. The molecule has 0 radical (unpaired) electrons. The predicted octanol–water partition coefficient (Wildman–Crippen LogP) is 0.873. The van der Waals surface area contributed by atoms with Crippen LogP contribution in [0.4, 0.5) is 0 Å². The molecule has 0 saturated heterocycles. The zero-order valence-electron chi connectivity index (χ0n) is 11.7. The molecule has 118 valence electrons. The summed E-state index contributed by atoms with van der Waals surface area (Å²) in [5.74, 6) is -1.91. The number of phenols is 1. The summed E-state index contributed by atoms with van der Waals surface area (Å²) in [6.45, 7) is 1.76. The molecule has 0 fully saturated rings. The molecule has 0 aliphatic carbocycles. The topological polar surface area (TPSA) is 115 Å². The van der Waals surface area contributed by atoms with Crippen LogP contribution in [0, 0.1) is 0 Å². The number of benzene rings is 1. The second kappa shape index (κ2) is 7.39. The lowest BCUT2D eigenvalue weighted by molar-refractivity contribution is 0.0693. The molecule has 0 unspecified atom stereocenters. The Hall–Kier alpha value is -1.64. The Morgan fingerprint density at radius 3 is 2.48 bits per heavy atom. The minimum atomic E-state index is -3.91. The second-order valence-corrected chi connectivity index (χ2v) is 6.40. The van der Waals surface area contributed by atoms with Gasteiger partial charge in [0, 0.05) is 13.1 Å². The van der Waals surface area contributed by atoms with E-state index in [4.69, 9.17) is 10.2 Å². The van der Waals surface area contributed by atoms with Crippen molar-refractivity contribution in [3.05, 3.63) is 23.8 Å². The van der Waals surface area contributed by atoms with E-state index in [1.165, 1.54) is 0 Å². The molecule has 0 amide bonds. The molecule has 0 aliphatic rings. The van der Waals surface area contributed by atoms with Crippen molar-refractivity contribution in [2.24, 2.45) is 0 Å². The quantitative estimate of drug-likeness (QED) is 0.655. The van der Waals surface area contributed by atoms with Crippen LogP contribution in [0.1, 0.15) is 30.1 Å². The van der Waals surface area contributed by atoms with Gasteiger partial charge >= 0.3 is 5.97 Å². The van der Waals surface area contributed by atoms with Gasteiger partial charge in [-0.25, -0.2) is 13.2 Å². The molecule has 0 aromatic heterocycles. The van der Waals surface area contributed by atoms with Crippen LogP contribution in [-0.4, -0.2) is 53.7 Å². The highest BCUT2D eigenvalue weighted by molar-refractivity contribution is 7.89. The number of unbranched alkanes of at least 4 members (excludes halogenated alkanes) is 1. The fraction of sp³-hybridized carbons (Fsp3) is 0.462. The summed E-state index contributed by atoms with van der Waals surface area (Å²) in [6, 6.07) is 3.10. The van der Waals surface area contributed by atoms with Crippen LogP contribution in [-0.2, 0) is 10.0 Å². The summed E-state index contributed by atoms with van der Waals surface area (Å²) in [6.07, 6.45) is 1.41. The number of aromatic carboxylic acids is 1. The van der Waals surface area contributed by atoms with Crippen molar-refractivity contribution < 1.29 is 28.5 Å². The Labute approximate surface area is 123 Å². The third-order valence-corrected chi connectivity index (χ3v) is 4.84. The second-order valence-electron chi connectivity index (χ2n) is 4.47. The number of hydrogen-bond acceptors (Lipinski definition) is 5. The van der Waals surface area contributed by atoms with E-state index >= 15 is 0 Å². The lowest BCUT2D eigenvalue weighted by Gasteiger charge is -2.21. The first-order chi connectivity index (χ1) is 9.84. The fourth-order valence-electron chi connectivity index (χ4n) is 1.79. The Kier molecular flexibility index (Phi) is 6.13. The highest BCUT2D eigenvalue weighted by Gasteiger charge is 2.25. The van der Waals surface area contributed by atoms with E-state index in [1.807, 2.05) is 6.92 Å². The first kappa shape index (κ1) is 17.4. The minimum Gasteiger partial charge on any atom is -0.507 e. The van der Waals surface area contributed by atoms with Gasteiger partial charge in [-0.15, -0.1) is 0 Å². The number of aromatic hydroxyl groups is 1. The average Bonchev–Trinajstić information content (AvgIpc) is 2.43. The highest BCUT2D eigenvalue weighted by Crippen LogP contribution is 2.24. The van der Waals surface area contributed by atoms with Gasteiger partial charge in [0.2, 0.25) is 10.0 Å². The molecular weight excluding hydrogens is 298 g/mol. The molecule has 3 N–H and O–H groups in total. The van der Waals surface area contributed by atoms with E-state index in [2.05, 4.69) is 0 Å². The van der Waals surface area contributed by atoms with E-state index in [-0.39, 0.29) is 24.6 Å². The Bertz CT molecular complexity index is 599. The molecule has 0 atom stereocenters. The lowest BCUT2D eigenvalue weighted by atomic mass is 10.2. The number of carboxylic acid groups (broad SMARTS) is 1. The lowest BCUT2D eigenvalue weighted by Crippen LogP contribution is -2.34. The summed E-state index contributed by atoms with van der Waals surface area (Å²) < 4.78 is 26.0. The Morgan fingerprint density at radius 2 is 1.95 bits per heavy atom. The van der Waals surface area contributed by atoms with E-state index in [0.717, 1.165) is 28.9 Å². The third kappa shape index (κ3) is 4.16. The number of aliphatic hydroxyl groups excluding tert-OH is 1. The van der Waals surface area contributed by atoms with Crippen LogP contribution in [0.5, 0.6) is 5.75 Å². The maximum absolute atomic E-state index is 12.5. The summed E-state index contributed by atoms with van der Waals surface area (Å²) in [7, 11) is -3.91. The van der Waals surface area contributed by atoms with E-state index in [1.54, 1.807) is 0 Å². The van der Waals surface area contributed by atoms with Gasteiger partial charge in [-0.05, 0) is 24.6 Å². The van der Waals surface area contributed by atoms with E-state index in [0.29, 0.717) is 6.42 Å². The molecule has 0 aliphatic heterocycles. The van der Waals surface area contributed by atoms with Gasteiger partial charge in [0.1, 0.15) is 11.3 Å². The standard InChI is InChI=1S/C13H19NO6S/c1-2-3-6-14(7-8-15)21(19,20)10-4-5-12(16)11(9-10)13(17)18/h4-5,9,15-16H,2-3,6-8H2,1H3,(H,17,18). The number of carboxylic acids is 1. The van der Waals surface area contributed by atoms with Crippen molar-refractivity contribution in [1.29, 1.82) is 0 Å². The van der Waals surface area contributed by atoms with Crippen LogP contribution in [0.15, 0.2) is 23.1 Å². The number of carbonyl (C=O) groups is 1. The smallest absolute Gasteiger partial charge is 0.339 e. The van der Waals surface area contributed by atoms with Gasteiger partial charge < -0.3 is 15.3 Å². The van der Waals surface area contributed by atoms with Crippen molar-refractivity contribution in [3.8, 4) is 5.75 Å². The van der Waals surface area contributed by atoms with Gasteiger partial charge in [0.15, 0.2) is 0 Å². The van der Waals surface area contributed by atoms with Crippen LogP contribution in [0.3, 0.4) is 0 Å². The number of aliphatic hydroxyl groups is 1. The van der Waals surface area contributed by atoms with Crippen molar-refractivity contribution >= 4 is 16.0 Å². The Morgan fingerprint density at radius 1 is 1.29 bits per heavy atom. The zero-order chi connectivity index (χ0) is 16.0. The average molecular weight is 317 g/mol. The largest absolute Gasteiger partial charge is 0.507 e. The monoisotopic (exact) mass is 317 g/mol. The molecular formula is C13H19NO6S. The van der Waals surface area contributed by atoms with E-state index in [9.17, 15) is 18.3 Å². The minimum absolute atomic E-state index is 0.0639. The first-order valence-electron chi connectivity index (χ1n) is 6.52. The van der Waals surface area contributed by atoms with Crippen LogP contribution in [0.2, 0.25) is 0 Å². The summed E-state index contributed by atoms with van der Waals surface area (Å²) >= 11 is 0. The van der Waals surface area contributed by atoms with E-state index < -0.39 is 27.3 Å². The predicted molar refractivity (Wildman–Crippen MR) is 75.8 cm³/mol. The van der Waals surface area contributed by atoms with Gasteiger partial charge in [0.25, 0.3) is 0 Å². The number of nitrogens with zero attached hydrogens (tertiary/aromatic N) is 1. The zero-order valence-corrected chi connectivity index (χ0v) is 12.5. The van der Waals surface area contributed by atoms with Crippen molar-refractivity contribution in [2.45, 2.75) is 24.7 Å². The molecule has 21 heavy (non-hydrogen) atoms. The van der Waals surface area contributed by atoms with Crippen LogP contribution < -0.4 is 0 Å². The molecule has 0 heterocycles. The molecule has 0 saturated carbocycles. The van der Waals surface area contributed by atoms with Crippen molar-refractivity contribution in [1.82, 2.24) is 4.31 Å². The fourth-order valence-corrected chi connectivity index (χ4v) is 3.29.